The molecule has 2 fully saturated rings. The van der Waals surface area contributed by atoms with Crippen LogP contribution in [-0.4, -0.2) is 54.3 Å². The van der Waals surface area contributed by atoms with Crippen molar-refractivity contribution in [2.24, 2.45) is 13.0 Å². The zero-order chi connectivity index (χ0) is 20.6. The van der Waals surface area contributed by atoms with Gasteiger partial charge in [-0.05, 0) is 37.8 Å². The average Bonchev–Trinajstić information content (AvgIpc) is 2.91. The number of sulfonamides is 1. The van der Waals surface area contributed by atoms with Crippen LogP contribution in [0, 0.1) is 5.92 Å². The molecule has 158 valence electrons. The fraction of sp³-hybridized carbons (Fsp3) is 0.600. The molecular weight excluding hydrogens is 394 g/mol. The second-order valence-electron chi connectivity index (χ2n) is 8.00. The first-order valence-electron chi connectivity index (χ1n) is 10.3. The number of amides is 1. The molecule has 1 aromatic carbocycles. The lowest BCUT2D eigenvalue weighted by atomic mass is 9.98. The van der Waals surface area contributed by atoms with Gasteiger partial charge in [0, 0.05) is 39.3 Å². The first-order chi connectivity index (χ1) is 13.9. The van der Waals surface area contributed by atoms with E-state index in [0.29, 0.717) is 24.9 Å². The maximum atomic E-state index is 13.2. The topological polar surface area (TPSA) is 92.8 Å². The van der Waals surface area contributed by atoms with E-state index in [1.807, 2.05) is 4.90 Å². The summed E-state index contributed by atoms with van der Waals surface area (Å²) >= 11 is 0. The van der Waals surface area contributed by atoms with Crippen LogP contribution in [0.15, 0.2) is 32.3 Å². The molecule has 0 N–H and O–H groups in total. The molecule has 9 heteroatoms. The van der Waals surface area contributed by atoms with Crippen LogP contribution in [-0.2, 0) is 21.9 Å². The Bertz CT molecular complexity index is 1060. The minimum atomic E-state index is -3.77. The van der Waals surface area contributed by atoms with E-state index in [-0.39, 0.29) is 28.8 Å². The number of carbonyl (C=O) groups excluding carboxylic acids is 1. The fourth-order valence-corrected chi connectivity index (χ4v) is 5.88. The highest BCUT2D eigenvalue weighted by Crippen LogP contribution is 2.27. The summed E-state index contributed by atoms with van der Waals surface area (Å²) in [5.74, 6) is -0.748. The normalized spacial score (nSPS) is 22.0. The van der Waals surface area contributed by atoms with Crippen molar-refractivity contribution in [3.63, 3.8) is 0 Å². The molecule has 1 aromatic heterocycles. The Kier molecular flexibility index (Phi) is 5.52. The smallest absolute Gasteiger partial charge is 0.408 e. The van der Waals surface area contributed by atoms with Crippen LogP contribution in [0.4, 0.5) is 0 Å². The van der Waals surface area contributed by atoms with Crippen molar-refractivity contribution in [2.75, 3.05) is 26.2 Å². The Morgan fingerprint density at radius 3 is 2.52 bits per heavy atom. The van der Waals surface area contributed by atoms with E-state index in [2.05, 4.69) is 0 Å². The third-order valence-corrected chi connectivity index (χ3v) is 7.91. The molecule has 1 amide bonds. The van der Waals surface area contributed by atoms with Gasteiger partial charge < -0.3 is 9.32 Å². The molecule has 1 atom stereocenters. The quantitative estimate of drug-likeness (QED) is 0.755. The second kappa shape index (κ2) is 7.95. The van der Waals surface area contributed by atoms with Crippen molar-refractivity contribution >= 4 is 27.0 Å². The van der Waals surface area contributed by atoms with Gasteiger partial charge >= 0.3 is 5.76 Å². The lowest BCUT2D eigenvalue weighted by Crippen LogP contribution is -2.46. The summed E-state index contributed by atoms with van der Waals surface area (Å²) in [4.78, 5) is 26.7. The summed E-state index contributed by atoms with van der Waals surface area (Å²) in [6, 6.07) is 4.47. The molecule has 0 spiro atoms. The lowest BCUT2D eigenvalue weighted by molar-refractivity contribution is -0.136. The molecule has 0 unspecified atom stereocenters. The third-order valence-electron chi connectivity index (χ3n) is 6.05. The Balaban J connectivity index is 1.55. The van der Waals surface area contributed by atoms with Crippen LogP contribution in [0.2, 0.25) is 0 Å². The van der Waals surface area contributed by atoms with Gasteiger partial charge in [0.2, 0.25) is 15.9 Å². The van der Waals surface area contributed by atoms with E-state index in [9.17, 15) is 18.0 Å². The summed E-state index contributed by atoms with van der Waals surface area (Å²) in [5, 5.41) is 0. The molecule has 2 aliphatic heterocycles. The molecule has 0 bridgehead atoms. The average molecular weight is 422 g/mol. The zero-order valence-corrected chi connectivity index (χ0v) is 17.5. The maximum absolute atomic E-state index is 13.2. The summed E-state index contributed by atoms with van der Waals surface area (Å²) < 4.78 is 34.3. The fourth-order valence-electron chi connectivity index (χ4n) is 4.34. The molecule has 2 saturated heterocycles. The van der Waals surface area contributed by atoms with Gasteiger partial charge in [-0.1, -0.05) is 12.8 Å². The molecule has 0 radical (unpaired) electrons. The standard InChI is InChI=1S/C20H27N3O5S/c1-21-17-9-8-16(13-18(17)28-20(21)25)29(26,27)23-12-6-7-15(14-23)19(24)22-10-4-2-3-5-11-22/h8-9,13,15H,2-7,10-12,14H2,1H3/t15-/m1/s1. The van der Waals surface area contributed by atoms with E-state index < -0.39 is 15.8 Å². The second-order valence-corrected chi connectivity index (χ2v) is 9.94. The molecule has 0 aliphatic carbocycles. The van der Waals surface area contributed by atoms with Crippen LogP contribution in [0.3, 0.4) is 0 Å². The highest BCUT2D eigenvalue weighted by molar-refractivity contribution is 7.89. The van der Waals surface area contributed by atoms with Gasteiger partial charge in [-0.15, -0.1) is 0 Å². The number of rotatable bonds is 3. The maximum Gasteiger partial charge on any atom is 0.419 e. The Labute approximate surface area is 170 Å². The van der Waals surface area contributed by atoms with Crippen LogP contribution >= 0.6 is 0 Å². The van der Waals surface area contributed by atoms with Gasteiger partial charge in [0.25, 0.3) is 0 Å². The highest BCUT2D eigenvalue weighted by atomic mass is 32.2. The van der Waals surface area contributed by atoms with Crippen LogP contribution < -0.4 is 5.76 Å². The predicted octanol–water partition coefficient (Wildman–Crippen LogP) is 1.93. The van der Waals surface area contributed by atoms with E-state index in [1.165, 1.54) is 21.0 Å². The van der Waals surface area contributed by atoms with Gasteiger partial charge in [0.05, 0.1) is 16.3 Å². The number of fused-ring (bicyclic) bond motifs is 1. The number of benzene rings is 1. The van der Waals surface area contributed by atoms with Gasteiger partial charge in [-0.25, -0.2) is 13.2 Å². The van der Waals surface area contributed by atoms with E-state index in [4.69, 9.17) is 4.42 Å². The molecule has 0 saturated carbocycles. The number of carbonyl (C=O) groups is 1. The molecule has 2 aromatic rings. The first-order valence-corrected chi connectivity index (χ1v) is 11.7. The van der Waals surface area contributed by atoms with Gasteiger partial charge in [-0.3, -0.25) is 9.36 Å². The number of aromatic nitrogens is 1. The Morgan fingerprint density at radius 2 is 1.79 bits per heavy atom. The van der Waals surface area contributed by atoms with Gasteiger partial charge in [-0.2, -0.15) is 4.31 Å². The highest BCUT2D eigenvalue weighted by Gasteiger charge is 2.35. The van der Waals surface area contributed by atoms with Gasteiger partial charge in [0.1, 0.15) is 0 Å². The molecule has 8 nitrogen and oxygen atoms in total. The number of hydrogen-bond donors (Lipinski definition) is 0. The van der Waals surface area contributed by atoms with Crippen molar-refractivity contribution in [3.8, 4) is 0 Å². The number of hydrogen-bond acceptors (Lipinski definition) is 5. The van der Waals surface area contributed by atoms with E-state index in [0.717, 1.165) is 38.8 Å². The summed E-state index contributed by atoms with van der Waals surface area (Å²) in [7, 11) is -2.19. The van der Waals surface area contributed by atoms with E-state index >= 15 is 0 Å². The monoisotopic (exact) mass is 421 g/mol. The summed E-state index contributed by atoms with van der Waals surface area (Å²) in [5.41, 5.74) is 0.787. The van der Waals surface area contributed by atoms with Crippen molar-refractivity contribution < 1.29 is 17.6 Å². The molecule has 2 aliphatic rings. The molecule has 4 rings (SSSR count). The third kappa shape index (κ3) is 3.85. The predicted molar refractivity (Wildman–Crippen MR) is 108 cm³/mol. The van der Waals surface area contributed by atoms with Crippen LogP contribution in [0.5, 0.6) is 0 Å². The van der Waals surface area contributed by atoms with Crippen molar-refractivity contribution in [2.45, 2.75) is 43.4 Å². The number of piperidine rings is 1. The van der Waals surface area contributed by atoms with Crippen molar-refractivity contribution in [1.82, 2.24) is 13.8 Å². The number of oxazole rings is 1. The number of likely N-dealkylation sites (tertiary alicyclic amines) is 1. The lowest BCUT2D eigenvalue weighted by Gasteiger charge is -2.34. The molecule has 3 heterocycles. The summed E-state index contributed by atoms with van der Waals surface area (Å²) in [6.07, 6.45) is 5.70. The Hall–Kier alpha value is -2.13. The minimum absolute atomic E-state index is 0.0799. The van der Waals surface area contributed by atoms with Gasteiger partial charge in [0.15, 0.2) is 5.58 Å². The summed E-state index contributed by atoms with van der Waals surface area (Å²) in [6.45, 7) is 2.13. The minimum Gasteiger partial charge on any atom is -0.408 e. The van der Waals surface area contributed by atoms with Crippen molar-refractivity contribution in [1.29, 1.82) is 0 Å². The molecular formula is C20H27N3O5S. The number of aryl methyl sites for hydroxylation is 1. The van der Waals surface area contributed by atoms with Crippen molar-refractivity contribution in [3.05, 3.63) is 28.7 Å². The van der Waals surface area contributed by atoms with Crippen LogP contribution in [0.1, 0.15) is 38.5 Å². The SMILES string of the molecule is Cn1c(=O)oc2cc(S(=O)(=O)N3CCC[C@@H](C(=O)N4CCCCCC4)C3)ccc21. The Morgan fingerprint density at radius 1 is 1.07 bits per heavy atom. The number of nitrogens with zero attached hydrogens (tertiary/aromatic N) is 3. The van der Waals surface area contributed by atoms with Crippen LogP contribution in [0.25, 0.3) is 11.1 Å². The largest absolute Gasteiger partial charge is 0.419 e. The zero-order valence-electron chi connectivity index (χ0n) is 16.7. The van der Waals surface area contributed by atoms with E-state index in [1.54, 1.807) is 13.1 Å². The molecule has 29 heavy (non-hydrogen) atoms. The first kappa shape index (κ1) is 20.2.